The summed E-state index contributed by atoms with van der Waals surface area (Å²) in [6.45, 7) is 3.37. The van der Waals surface area contributed by atoms with Gasteiger partial charge in [-0.3, -0.25) is 14.8 Å². The van der Waals surface area contributed by atoms with Crippen LogP contribution in [0.4, 0.5) is 18.9 Å². The van der Waals surface area contributed by atoms with Crippen molar-refractivity contribution in [1.29, 1.82) is 0 Å². The zero-order valence-electron chi connectivity index (χ0n) is 18.5. The van der Waals surface area contributed by atoms with Crippen molar-refractivity contribution in [2.45, 2.75) is 13.1 Å². The average molecular weight is 501 g/mol. The summed E-state index contributed by atoms with van der Waals surface area (Å²) in [4.78, 5) is 21.0. The average Bonchev–Trinajstić information content (AvgIpc) is 3.35. The van der Waals surface area contributed by atoms with Crippen LogP contribution >= 0.6 is 11.6 Å². The molecular formula is C25H20ClF3N4O2. The summed E-state index contributed by atoms with van der Waals surface area (Å²) in [6, 6.07) is 12.0. The Morgan fingerprint density at radius 1 is 1.20 bits per heavy atom. The molecule has 0 saturated carbocycles. The van der Waals surface area contributed by atoms with Gasteiger partial charge in [0.1, 0.15) is 23.0 Å². The summed E-state index contributed by atoms with van der Waals surface area (Å²) >= 11 is 5.61. The second-order valence-electron chi connectivity index (χ2n) is 7.63. The Morgan fingerprint density at radius 2 is 2.03 bits per heavy atom. The molecule has 2 heterocycles. The summed E-state index contributed by atoms with van der Waals surface area (Å²) in [6.07, 6.45) is -0.218. The molecule has 0 bridgehead atoms. The van der Waals surface area contributed by atoms with Crippen LogP contribution in [0.15, 0.2) is 65.8 Å². The molecule has 0 radical (unpaired) electrons. The highest BCUT2D eigenvalue weighted by molar-refractivity contribution is 6.31. The lowest BCUT2D eigenvalue weighted by atomic mass is 10.1. The Kier molecular flexibility index (Phi) is 7.07. The summed E-state index contributed by atoms with van der Waals surface area (Å²) in [7, 11) is 0. The van der Waals surface area contributed by atoms with Crippen LogP contribution < -0.4 is 15.4 Å². The lowest BCUT2D eigenvalue weighted by Crippen LogP contribution is -2.21. The van der Waals surface area contributed by atoms with Gasteiger partial charge in [0.15, 0.2) is 0 Å². The van der Waals surface area contributed by atoms with E-state index in [1.807, 2.05) is 6.92 Å². The fourth-order valence-electron chi connectivity index (χ4n) is 3.41. The van der Waals surface area contributed by atoms with Crippen LogP contribution in [0.5, 0.6) is 11.5 Å². The topological polar surface area (TPSA) is 75.6 Å². The number of anilines is 1. The highest BCUT2D eigenvalue weighted by atomic mass is 35.5. The quantitative estimate of drug-likeness (QED) is 0.416. The number of hydrogen-bond donors (Lipinski definition) is 2. The molecule has 1 aliphatic heterocycles. The number of nitrogens with zero attached hydrogens (tertiary/aromatic N) is 2. The Hall–Kier alpha value is -3.85. The van der Waals surface area contributed by atoms with E-state index in [2.05, 4.69) is 20.6 Å². The van der Waals surface area contributed by atoms with Crippen molar-refractivity contribution in [3.8, 4) is 11.5 Å². The van der Waals surface area contributed by atoms with Gasteiger partial charge in [0.05, 0.1) is 17.1 Å². The van der Waals surface area contributed by atoms with Gasteiger partial charge in [0.2, 0.25) is 5.91 Å². The third-order valence-electron chi connectivity index (χ3n) is 5.11. The second kappa shape index (κ2) is 10.2. The van der Waals surface area contributed by atoms with Crippen LogP contribution in [0.25, 0.3) is 6.08 Å². The van der Waals surface area contributed by atoms with Gasteiger partial charge in [-0.2, -0.15) is 13.2 Å². The fraction of sp³-hybridized carbons (Fsp3) is 0.160. The number of amidine groups is 1. The number of alkyl halides is 3. The van der Waals surface area contributed by atoms with Crippen LogP contribution in [0.2, 0.25) is 5.02 Å². The Labute approximate surface area is 204 Å². The zero-order chi connectivity index (χ0) is 25.0. The van der Waals surface area contributed by atoms with E-state index in [1.165, 1.54) is 18.2 Å². The molecule has 2 N–H and O–H groups in total. The number of benzene rings is 2. The first kappa shape index (κ1) is 24.3. The molecular weight excluding hydrogens is 481 g/mol. The number of aromatic nitrogens is 1. The van der Waals surface area contributed by atoms with E-state index in [4.69, 9.17) is 16.3 Å². The highest BCUT2D eigenvalue weighted by Gasteiger charge is 2.33. The molecule has 10 heteroatoms. The maximum atomic E-state index is 13.0. The fourth-order valence-corrected chi connectivity index (χ4v) is 3.63. The van der Waals surface area contributed by atoms with Crippen LogP contribution in [0.3, 0.4) is 0 Å². The molecule has 3 aromatic rings. The van der Waals surface area contributed by atoms with Gasteiger partial charge in [-0.1, -0.05) is 23.7 Å². The molecule has 35 heavy (non-hydrogen) atoms. The summed E-state index contributed by atoms with van der Waals surface area (Å²) in [5, 5.41) is 5.16. The van der Waals surface area contributed by atoms with Crippen molar-refractivity contribution in [2.24, 2.45) is 4.99 Å². The van der Waals surface area contributed by atoms with Gasteiger partial charge in [0.25, 0.3) is 0 Å². The summed E-state index contributed by atoms with van der Waals surface area (Å²) < 4.78 is 45.1. The van der Waals surface area contributed by atoms with Crippen molar-refractivity contribution in [3.63, 3.8) is 0 Å². The minimum Gasteiger partial charge on any atom is -0.457 e. The number of carbonyl (C=O) groups is 1. The van der Waals surface area contributed by atoms with Gasteiger partial charge in [-0.05, 0) is 55.0 Å². The van der Waals surface area contributed by atoms with Crippen molar-refractivity contribution in [2.75, 3.05) is 18.4 Å². The van der Waals surface area contributed by atoms with E-state index in [0.29, 0.717) is 23.6 Å². The molecule has 0 saturated heterocycles. The van der Waals surface area contributed by atoms with Crippen molar-refractivity contribution in [1.82, 2.24) is 10.3 Å². The molecule has 1 amide bonds. The van der Waals surface area contributed by atoms with E-state index in [9.17, 15) is 18.0 Å². The largest absolute Gasteiger partial charge is 0.457 e. The molecule has 0 spiro atoms. The van der Waals surface area contributed by atoms with Gasteiger partial charge in [0, 0.05) is 30.1 Å². The zero-order valence-corrected chi connectivity index (χ0v) is 19.2. The molecule has 2 aromatic carbocycles. The van der Waals surface area contributed by atoms with Crippen molar-refractivity contribution >= 4 is 35.1 Å². The van der Waals surface area contributed by atoms with E-state index < -0.39 is 22.7 Å². The number of hydrogen-bond acceptors (Lipinski definition) is 5. The minimum atomic E-state index is -4.62. The number of pyridine rings is 1. The van der Waals surface area contributed by atoms with Gasteiger partial charge in [-0.25, -0.2) is 0 Å². The van der Waals surface area contributed by atoms with Crippen molar-refractivity contribution in [3.05, 3.63) is 88.2 Å². The predicted molar refractivity (Wildman–Crippen MR) is 129 cm³/mol. The third-order valence-corrected chi connectivity index (χ3v) is 5.43. The first-order chi connectivity index (χ1) is 16.7. The third kappa shape index (κ3) is 5.99. The standard InChI is InChI=1S/C25H20ClF3N4O2/c1-15-21(9-10-30-23(15)24-31-11-12-32-24)35-18-4-2-3-16(13-18)5-8-22(34)33-17-6-7-20(26)19(14-17)25(27,28)29/h2-10,13-14H,11-12H2,1H3,(H,31,32)(H,33,34)/b8-5+. The second-order valence-corrected chi connectivity index (χ2v) is 8.04. The van der Waals surface area contributed by atoms with Gasteiger partial charge in [-0.15, -0.1) is 0 Å². The lowest BCUT2D eigenvalue weighted by Gasteiger charge is -2.12. The first-order valence-corrected chi connectivity index (χ1v) is 11.0. The van der Waals surface area contributed by atoms with E-state index in [1.54, 1.807) is 36.5 Å². The summed E-state index contributed by atoms with van der Waals surface area (Å²) in [5.74, 6) is 1.31. The molecule has 6 nitrogen and oxygen atoms in total. The highest BCUT2D eigenvalue weighted by Crippen LogP contribution is 2.36. The first-order valence-electron chi connectivity index (χ1n) is 10.6. The SMILES string of the molecule is Cc1c(Oc2cccc(/C=C/C(=O)Nc3ccc(Cl)c(C(F)(F)F)c3)c2)ccnc1C1=NCCN1. The van der Waals surface area contributed by atoms with Crippen LogP contribution in [0.1, 0.15) is 22.4 Å². The molecule has 0 aliphatic carbocycles. The number of amides is 1. The number of nitrogens with one attached hydrogen (secondary N) is 2. The Balaban J connectivity index is 1.45. The van der Waals surface area contributed by atoms with Crippen LogP contribution in [-0.2, 0) is 11.0 Å². The van der Waals surface area contributed by atoms with Crippen LogP contribution in [-0.4, -0.2) is 29.8 Å². The number of aliphatic imine (C=N–C) groups is 1. The molecule has 0 atom stereocenters. The minimum absolute atomic E-state index is 0.0150. The molecule has 0 unspecified atom stereocenters. The maximum absolute atomic E-state index is 13.0. The van der Waals surface area contributed by atoms with E-state index in [0.717, 1.165) is 35.8 Å². The lowest BCUT2D eigenvalue weighted by molar-refractivity contribution is -0.137. The molecule has 1 aromatic heterocycles. The van der Waals surface area contributed by atoms with Gasteiger partial charge < -0.3 is 15.4 Å². The number of carbonyl (C=O) groups excluding carboxylic acids is 1. The normalized spacial score (nSPS) is 13.5. The maximum Gasteiger partial charge on any atom is 0.417 e. The molecule has 0 fully saturated rings. The smallest absolute Gasteiger partial charge is 0.417 e. The van der Waals surface area contributed by atoms with E-state index in [-0.39, 0.29) is 5.69 Å². The van der Waals surface area contributed by atoms with Crippen LogP contribution in [0, 0.1) is 6.92 Å². The molecule has 4 rings (SSSR count). The predicted octanol–water partition coefficient (Wildman–Crippen LogP) is 5.86. The monoisotopic (exact) mass is 500 g/mol. The van der Waals surface area contributed by atoms with Crippen molar-refractivity contribution < 1.29 is 22.7 Å². The van der Waals surface area contributed by atoms with Gasteiger partial charge >= 0.3 is 6.18 Å². The number of rotatable bonds is 6. The molecule has 1 aliphatic rings. The molecule has 180 valence electrons. The summed E-state index contributed by atoms with van der Waals surface area (Å²) in [5.41, 5.74) is 1.19. The Bertz CT molecular complexity index is 1320. The number of halogens is 4. The number of ether oxygens (including phenoxy) is 1. The van der Waals surface area contributed by atoms with E-state index >= 15 is 0 Å². The Morgan fingerprint density at radius 3 is 2.77 bits per heavy atom.